The maximum Gasteiger partial charge on any atom is 0.335 e. The number of aromatic nitrogens is 2. The SMILES string of the molecule is CN(CCn1cccn1)C(=O)NCc1ccc(C(=O)O)cc1. The smallest absolute Gasteiger partial charge is 0.335 e. The van der Waals surface area contributed by atoms with Crippen molar-refractivity contribution in [1.82, 2.24) is 20.0 Å². The van der Waals surface area contributed by atoms with Gasteiger partial charge in [-0.25, -0.2) is 9.59 Å². The third-order valence-electron chi connectivity index (χ3n) is 3.22. The van der Waals surface area contributed by atoms with Crippen LogP contribution in [0.4, 0.5) is 4.79 Å². The molecule has 7 heteroatoms. The number of benzene rings is 1. The Bertz CT molecular complexity index is 623. The van der Waals surface area contributed by atoms with Gasteiger partial charge < -0.3 is 15.3 Å². The number of hydrogen-bond acceptors (Lipinski definition) is 3. The Hall–Kier alpha value is -2.83. The summed E-state index contributed by atoms with van der Waals surface area (Å²) in [5.41, 5.74) is 1.07. The summed E-state index contributed by atoms with van der Waals surface area (Å²) < 4.78 is 1.76. The third kappa shape index (κ3) is 4.34. The fourth-order valence-electron chi connectivity index (χ4n) is 1.86. The van der Waals surface area contributed by atoms with Gasteiger partial charge in [-0.15, -0.1) is 0 Å². The number of carbonyl (C=O) groups is 2. The van der Waals surface area contributed by atoms with Crippen LogP contribution in [0.5, 0.6) is 0 Å². The van der Waals surface area contributed by atoms with Gasteiger partial charge in [0.25, 0.3) is 0 Å². The van der Waals surface area contributed by atoms with Crippen LogP contribution in [-0.4, -0.2) is 45.4 Å². The molecule has 0 aliphatic heterocycles. The number of nitrogens with one attached hydrogen (secondary N) is 1. The summed E-state index contributed by atoms with van der Waals surface area (Å²) in [5.74, 6) is -0.964. The minimum absolute atomic E-state index is 0.186. The number of carboxylic acid groups (broad SMARTS) is 1. The molecule has 0 bridgehead atoms. The Morgan fingerprint density at radius 2 is 2.05 bits per heavy atom. The first-order valence-corrected chi connectivity index (χ1v) is 6.85. The number of carbonyl (C=O) groups excluding carboxylic acids is 1. The first-order valence-electron chi connectivity index (χ1n) is 6.85. The minimum Gasteiger partial charge on any atom is -0.478 e. The first-order chi connectivity index (χ1) is 10.6. The molecule has 0 saturated carbocycles. The van der Waals surface area contributed by atoms with E-state index in [0.717, 1.165) is 5.56 Å². The lowest BCUT2D eigenvalue weighted by molar-refractivity contribution is 0.0697. The number of rotatable bonds is 6. The fourth-order valence-corrected chi connectivity index (χ4v) is 1.86. The molecule has 0 aliphatic rings. The van der Waals surface area contributed by atoms with Gasteiger partial charge in [0.2, 0.25) is 0 Å². The molecule has 1 aromatic carbocycles. The lowest BCUT2D eigenvalue weighted by Gasteiger charge is -2.18. The predicted molar refractivity (Wildman–Crippen MR) is 80.5 cm³/mol. The van der Waals surface area contributed by atoms with E-state index in [1.54, 1.807) is 35.0 Å². The lowest BCUT2D eigenvalue weighted by Crippen LogP contribution is -2.38. The molecule has 0 saturated heterocycles. The number of carboxylic acids is 1. The summed E-state index contributed by atoms with van der Waals surface area (Å²) in [6.45, 7) is 1.53. The van der Waals surface area contributed by atoms with Gasteiger partial charge in [0.05, 0.1) is 12.1 Å². The van der Waals surface area contributed by atoms with Crippen molar-refractivity contribution in [2.24, 2.45) is 0 Å². The monoisotopic (exact) mass is 302 g/mol. The molecule has 0 spiro atoms. The number of nitrogens with zero attached hydrogens (tertiary/aromatic N) is 3. The summed E-state index contributed by atoms with van der Waals surface area (Å²) in [4.78, 5) is 24.3. The first kappa shape index (κ1) is 15.6. The van der Waals surface area contributed by atoms with Crippen molar-refractivity contribution in [1.29, 1.82) is 0 Å². The van der Waals surface area contributed by atoms with Gasteiger partial charge in [0.15, 0.2) is 0 Å². The second-order valence-corrected chi connectivity index (χ2v) is 4.85. The van der Waals surface area contributed by atoms with E-state index in [-0.39, 0.29) is 11.6 Å². The van der Waals surface area contributed by atoms with Crippen molar-refractivity contribution in [3.05, 3.63) is 53.9 Å². The molecule has 1 heterocycles. The van der Waals surface area contributed by atoms with Crippen LogP contribution in [0.25, 0.3) is 0 Å². The Labute approximate surface area is 128 Å². The van der Waals surface area contributed by atoms with E-state index in [4.69, 9.17) is 5.11 Å². The second kappa shape index (κ2) is 7.26. The van der Waals surface area contributed by atoms with E-state index in [1.165, 1.54) is 12.1 Å². The fraction of sp³-hybridized carbons (Fsp3) is 0.267. The van der Waals surface area contributed by atoms with E-state index < -0.39 is 5.97 Å². The van der Waals surface area contributed by atoms with Crippen molar-refractivity contribution < 1.29 is 14.7 Å². The van der Waals surface area contributed by atoms with E-state index >= 15 is 0 Å². The molecule has 0 aliphatic carbocycles. The highest BCUT2D eigenvalue weighted by Crippen LogP contribution is 2.04. The van der Waals surface area contributed by atoms with Crippen LogP contribution in [0.1, 0.15) is 15.9 Å². The van der Waals surface area contributed by atoms with E-state index in [2.05, 4.69) is 10.4 Å². The molecule has 22 heavy (non-hydrogen) atoms. The van der Waals surface area contributed by atoms with Crippen LogP contribution in [0, 0.1) is 0 Å². The maximum absolute atomic E-state index is 11.9. The Morgan fingerprint density at radius 1 is 1.32 bits per heavy atom. The molecule has 0 fully saturated rings. The largest absolute Gasteiger partial charge is 0.478 e. The number of likely N-dealkylation sites (N-methyl/N-ethyl adjacent to an activating group) is 1. The van der Waals surface area contributed by atoms with Gasteiger partial charge in [-0.3, -0.25) is 4.68 Å². The summed E-state index contributed by atoms with van der Waals surface area (Å²) in [6, 6.07) is 8.06. The summed E-state index contributed by atoms with van der Waals surface area (Å²) >= 11 is 0. The van der Waals surface area contributed by atoms with E-state index in [1.807, 2.05) is 12.3 Å². The highest BCUT2D eigenvalue weighted by Gasteiger charge is 2.08. The normalized spacial score (nSPS) is 10.2. The average molecular weight is 302 g/mol. The molecule has 2 N–H and O–H groups in total. The summed E-state index contributed by atoms with van der Waals surface area (Å²) in [7, 11) is 1.71. The van der Waals surface area contributed by atoms with Crippen LogP contribution in [-0.2, 0) is 13.1 Å². The molecule has 2 amide bonds. The van der Waals surface area contributed by atoms with Gasteiger partial charge in [0, 0.05) is 32.5 Å². The van der Waals surface area contributed by atoms with Gasteiger partial charge in [-0.05, 0) is 23.8 Å². The third-order valence-corrected chi connectivity index (χ3v) is 3.22. The zero-order chi connectivity index (χ0) is 15.9. The Morgan fingerprint density at radius 3 is 2.64 bits per heavy atom. The highest BCUT2D eigenvalue weighted by molar-refractivity contribution is 5.87. The molecule has 2 rings (SSSR count). The van der Waals surface area contributed by atoms with Crippen molar-refractivity contribution in [2.45, 2.75) is 13.1 Å². The molecule has 0 radical (unpaired) electrons. The van der Waals surface area contributed by atoms with Crippen molar-refractivity contribution >= 4 is 12.0 Å². The molecule has 0 unspecified atom stereocenters. The molecule has 2 aromatic rings. The van der Waals surface area contributed by atoms with Crippen LogP contribution >= 0.6 is 0 Å². The highest BCUT2D eigenvalue weighted by atomic mass is 16.4. The van der Waals surface area contributed by atoms with Gasteiger partial charge >= 0.3 is 12.0 Å². The van der Waals surface area contributed by atoms with Gasteiger partial charge in [-0.2, -0.15) is 5.10 Å². The standard InChI is InChI=1S/C15H18N4O3/c1-18(9-10-19-8-2-7-17-19)15(22)16-11-12-3-5-13(6-4-12)14(20)21/h2-8H,9-11H2,1H3,(H,16,22)(H,20,21). The van der Waals surface area contributed by atoms with Crippen LogP contribution < -0.4 is 5.32 Å². The summed E-state index contributed by atoms with van der Waals surface area (Å²) in [6.07, 6.45) is 3.54. The minimum atomic E-state index is -0.964. The molecule has 7 nitrogen and oxygen atoms in total. The predicted octanol–water partition coefficient (Wildman–Crippen LogP) is 1.42. The number of amides is 2. The van der Waals surface area contributed by atoms with Crippen molar-refractivity contribution in [3.63, 3.8) is 0 Å². The Kier molecular flexibility index (Phi) is 5.13. The van der Waals surface area contributed by atoms with Gasteiger partial charge in [0.1, 0.15) is 0 Å². The number of urea groups is 1. The molecule has 0 atom stereocenters. The topological polar surface area (TPSA) is 87.5 Å². The molecular weight excluding hydrogens is 284 g/mol. The van der Waals surface area contributed by atoms with E-state index in [0.29, 0.717) is 19.6 Å². The molecular formula is C15H18N4O3. The quantitative estimate of drug-likeness (QED) is 0.845. The van der Waals surface area contributed by atoms with Gasteiger partial charge in [-0.1, -0.05) is 12.1 Å². The summed E-state index contributed by atoms with van der Waals surface area (Å²) in [5, 5.41) is 15.7. The Balaban J connectivity index is 1.77. The van der Waals surface area contributed by atoms with Crippen LogP contribution in [0.3, 0.4) is 0 Å². The number of aromatic carboxylic acids is 1. The zero-order valence-electron chi connectivity index (χ0n) is 12.3. The molecule has 116 valence electrons. The van der Waals surface area contributed by atoms with Crippen LogP contribution in [0.15, 0.2) is 42.7 Å². The van der Waals surface area contributed by atoms with Crippen molar-refractivity contribution in [2.75, 3.05) is 13.6 Å². The zero-order valence-corrected chi connectivity index (χ0v) is 12.3. The van der Waals surface area contributed by atoms with Crippen LogP contribution in [0.2, 0.25) is 0 Å². The second-order valence-electron chi connectivity index (χ2n) is 4.85. The molecule has 1 aromatic heterocycles. The van der Waals surface area contributed by atoms with Crippen molar-refractivity contribution in [3.8, 4) is 0 Å². The van der Waals surface area contributed by atoms with E-state index in [9.17, 15) is 9.59 Å². The average Bonchev–Trinajstić information content (AvgIpc) is 3.04. The lowest BCUT2D eigenvalue weighted by atomic mass is 10.1. The maximum atomic E-state index is 11.9. The number of hydrogen-bond donors (Lipinski definition) is 2.